The van der Waals surface area contributed by atoms with Crippen LogP contribution >= 0.6 is 43.2 Å². The maximum absolute atomic E-state index is 12.2. The van der Waals surface area contributed by atoms with Gasteiger partial charge in [0, 0.05) is 17.7 Å². The molecule has 19 heavy (non-hydrogen) atoms. The van der Waals surface area contributed by atoms with Gasteiger partial charge in [-0.25, -0.2) is 0 Å². The molecule has 0 saturated carbocycles. The van der Waals surface area contributed by atoms with Gasteiger partial charge in [0.1, 0.15) is 5.76 Å². The highest BCUT2D eigenvalue weighted by Gasteiger charge is 2.16. The van der Waals surface area contributed by atoms with Crippen molar-refractivity contribution in [2.24, 2.45) is 0 Å². The number of hydrogen-bond acceptors (Lipinski definition) is 4. The van der Waals surface area contributed by atoms with Gasteiger partial charge in [-0.1, -0.05) is 0 Å². The first-order valence-electron chi connectivity index (χ1n) is 5.67. The number of furan rings is 1. The molecule has 2 heterocycles. The van der Waals surface area contributed by atoms with Gasteiger partial charge in [0.25, 0.3) is 0 Å². The smallest absolute Gasteiger partial charge is 0.178 e. The molecule has 0 atom stereocenters. The van der Waals surface area contributed by atoms with Gasteiger partial charge in [-0.05, 0) is 58.0 Å². The molecule has 2 aromatic rings. The van der Waals surface area contributed by atoms with Gasteiger partial charge >= 0.3 is 0 Å². The van der Waals surface area contributed by atoms with Gasteiger partial charge in [0.05, 0.1) is 20.4 Å². The average molecular weight is 407 g/mol. The standard InChI is InChI=1S/C13H13Br2NO2S/c1-8-9(3-4-18-8)6-16(2)7-11(17)10-5-12(14)19-13(10)15/h3-5H,6-7H2,1-2H3. The quantitative estimate of drug-likeness (QED) is 0.686. The fraction of sp³-hybridized carbons (Fsp3) is 0.308. The molecule has 0 radical (unpaired) electrons. The van der Waals surface area contributed by atoms with Gasteiger partial charge < -0.3 is 4.42 Å². The van der Waals surface area contributed by atoms with Crippen LogP contribution < -0.4 is 0 Å². The first kappa shape index (κ1) is 15.0. The normalized spacial score (nSPS) is 11.2. The zero-order valence-corrected chi connectivity index (χ0v) is 14.6. The summed E-state index contributed by atoms with van der Waals surface area (Å²) in [6.45, 7) is 3.01. The summed E-state index contributed by atoms with van der Waals surface area (Å²) in [5, 5.41) is 0. The number of rotatable bonds is 5. The van der Waals surface area contributed by atoms with Crippen LogP contribution in [-0.2, 0) is 6.54 Å². The van der Waals surface area contributed by atoms with Crippen LogP contribution in [0.4, 0.5) is 0 Å². The second-order valence-electron chi connectivity index (χ2n) is 4.34. The van der Waals surface area contributed by atoms with Crippen LogP contribution in [0.5, 0.6) is 0 Å². The minimum Gasteiger partial charge on any atom is -0.469 e. The number of Topliss-reactive ketones (excluding diaryl/α,β-unsaturated/α-hetero) is 1. The molecule has 0 aliphatic rings. The number of nitrogens with zero attached hydrogens (tertiary/aromatic N) is 1. The van der Waals surface area contributed by atoms with Crippen molar-refractivity contribution in [3.63, 3.8) is 0 Å². The minimum atomic E-state index is 0.109. The molecule has 3 nitrogen and oxygen atoms in total. The molecule has 0 aliphatic carbocycles. The number of carbonyl (C=O) groups excluding carboxylic acids is 1. The number of likely N-dealkylation sites (N-methyl/N-ethyl adjacent to an activating group) is 1. The third kappa shape index (κ3) is 3.78. The lowest BCUT2D eigenvalue weighted by molar-refractivity contribution is 0.0942. The summed E-state index contributed by atoms with van der Waals surface area (Å²) in [5.74, 6) is 1.01. The molecule has 2 aromatic heterocycles. The third-order valence-electron chi connectivity index (χ3n) is 2.78. The predicted molar refractivity (Wildman–Crippen MR) is 83.8 cm³/mol. The predicted octanol–water partition coefficient (Wildman–Crippen LogP) is 4.49. The van der Waals surface area contributed by atoms with E-state index in [2.05, 4.69) is 31.9 Å². The van der Waals surface area contributed by atoms with E-state index >= 15 is 0 Å². The van der Waals surface area contributed by atoms with Crippen molar-refractivity contribution in [2.45, 2.75) is 13.5 Å². The lowest BCUT2D eigenvalue weighted by atomic mass is 10.2. The molecule has 0 amide bonds. The number of hydrogen-bond donors (Lipinski definition) is 0. The first-order valence-corrected chi connectivity index (χ1v) is 8.07. The molecule has 6 heteroatoms. The molecule has 0 saturated heterocycles. The molecule has 0 fully saturated rings. The Bertz CT molecular complexity index is 591. The maximum Gasteiger partial charge on any atom is 0.178 e. The van der Waals surface area contributed by atoms with Crippen LogP contribution in [-0.4, -0.2) is 24.3 Å². The molecule has 0 bridgehead atoms. The van der Waals surface area contributed by atoms with E-state index in [-0.39, 0.29) is 5.78 Å². The Balaban J connectivity index is 1.99. The van der Waals surface area contributed by atoms with Crippen molar-refractivity contribution in [3.8, 4) is 0 Å². The van der Waals surface area contributed by atoms with E-state index < -0.39 is 0 Å². The third-order valence-corrected chi connectivity index (χ3v) is 5.12. The summed E-state index contributed by atoms with van der Waals surface area (Å²) in [7, 11) is 1.93. The van der Waals surface area contributed by atoms with E-state index in [1.54, 1.807) is 6.26 Å². The second-order valence-corrected chi connectivity index (χ2v) is 8.08. The highest BCUT2D eigenvalue weighted by molar-refractivity contribution is 9.12. The molecular formula is C13H13Br2NO2S. The van der Waals surface area contributed by atoms with Crippen LogP contribution in [0.1, 0.15) is 21.7 Å². The van der Waals surface area contributed by atoms with Gasteiger partial charge in [0.15, 0.2) is 5.78 Å². The summed E-state index contributed by atoms with van der Waals surface area (Å²) in [6, 6.07) is 3.79. The van der Waals surface area contributed by atoms with Crippen molar-refractivity contribution >= 4 is 49.0 Å². The zero-order chi connectivity index (χ0) is 14.0. The molecule has 0 aliphatic heterocycles. The van der Waals surface area contributed by atoms with E-state index in [0.717, 1.165) is 24.5 Å². The average Bonchev–Trinajstić information content (AvgIpc) is 2.85. The Morgan fingerprint density at radius 3 is 2.74 bits per heavy atom. The molecule has 0 N–H and O–H groups in total. The van der Waals surface area contributed by atoms with Crippen LogP contribution in [0.3, 0.4) is 0 Å². The lowest BCUT2D eigenvalue weighted by Crippen LogP contribution is -2.25. The lowest BCUT2D eigenvalue weighted by Gasteiger charge is -2.14. The number of ketones is 1. The molecular weight excluding hydrogens is 394 g/mol. The Kier molecular flexibility index (Phi) is 5.00. The Labute approximate surface area is 132 Å². The first-order chi connectivity index (χ1) is 8.97. The maximum atomic E-state index is 12.2. The van der Waals surface area contributed by atoms with Crippen molar-refractivity contribution < 1.29 is 9.21 Å². The fourth-order valence-electron chi connectivity index (χ4n) is 1.78. The van der Waals surface area contributed by atoms with Gasteiger partial charge in [-0.15, -0.1) is 11.3 Å². The van der Waals surface area contributed by atoms with E-state index in [1.807, 2.05) is 31.0 Å². The fourth-order valence-corrected chi connectivity index (χ4v) is 4.64. The van der Waals surface area contributed by atoms with E-state index in [4.69, 9.17) is 4.42 Å². The minimum absolute atomic E-state index is 0.109. The molecule has 2 rings (SSSR count). The summed E-state index contributed by atoms with van der Waals surface area (Å²) in [4.78, 5) is 14.2. The van der Waals surface area contributed by atoms with Crippen molar-refractivity contribution in [3.05, 3.63) is 42.9 Å². The largest absolute Gasteiger partial charge is 0.469 e. The van der Waals surface area contributed by atoms with Gasteiger partial charge in [0.2, 0.25) is 0 Å². The number of halogens is 2. The highest BCUT2D eigenvalue weighted by atomic mass is 79.9. The highest BCUT2D eigenvalue weighted by Crippen LogP contribution is 2.32. The Morgan fingerprint density at radius 1 is 1.47 bits per heavy atom. The monoisotopic (exact) mass is 405 g/mol. The van der Waals surface area contributed by atoms with Crippen LogP contribution in [0.25, 0.3) is 0 Å². The summed E-state index contributed by atoms with van der Waals surface area (Å²) in [5.41, 5.74) is 1.84. The van der Waals surface area contributed by atoms with Crippen LogP contribution in [0, 0.1) is 6.92 Å². The van der Waals surface area contributed by atoms with E-state index in [0.29, 0.717) is 13.1 Å². The van der Waals surface area contributed by atoms with E-state index in [1.165, 1.54) is 11.3 Å². The number of aryl methyl sites for hydroxylation is 1. The van der Waals surface area contributed by atoms with Crippen LogP contribution in [0.15, 0.2) is 30.4 Å². The van der Waals surface area contributed by atoms with Crippen molar-refractivity contribution in [1.29, 1.82) is 0 Å². The molecule has 0 aromatic carbocycles. The summed E-state index contributed by atoms with van der Waals surface area (Å²) < 4.78 is 7.08. The van der Waals surface area contributed by atoms with Crippen LogP contribution in [0.2, 0.25) is 0 Å². The summed E-state index contributed by atoms with van der Waals surface area (Å²) in [6.07, 6.45) is 1.67. The molecule has 0 unspecified atom stereocenters. The second kappa shape index (κ2) is 6.35. The number of carbonyl (C=O) groups is 1. The zero-order valence-electron chi connectivity index (χ0n) is 10.6. The molecule has 0 spiro atoms. The molecule has 102 valence electrons. The van der Waals surface area contributed by atoms with Gasteiger partial charge in [-0.2, -0.15) is 0 Å². The van der Waals surface area contributed by atoms with Gasteiger partial charge in [-0.3, -0.25) is 9.69 Å². The Hall–Kier alpha value is -0.430. The van der Waals surface area contributed by atoms with Crippen molar-refractivity contribution in [1.82, 2.24) is 4.90 Å². The van der Waals surface area contributed by atoms with E-state index in [9.17, 15) is 4.79 Å². The summed E-state index contributed by atoms with van der Waals surface area (Å²) >= 11 is 8.31. The topological polar surface area (TPSA) is 33.5 Å². The van der Waals surface area contributed by atoms with Crippen molar-refractivity contribution in [2.75, 3.05) is 13.6 Å². The number of thiophene rings is 1. The SMILES string of the molecule is Cc1occc1CN(C)CC(=O)c1cc(Br)sc1Br. The Morgan fingerprint density at radius 2 is 2.21 bits per heavy atom.